The van der Waals surface area contributed by atoms with Gasteiger partial charge in [0.15, 0.2) is 0 Å². The summed E-state index contributed by atoms with van der Waals surface area (Å²) >= 11 is 0. The largest absolute Gasteiger partial charge is 0.412 e. The Bertz CT molecular complexity index is 480. The quantitative estimate of drug-likeness (QED) is 0.378. The van der Waals surface area contributed by atoms with E-state index in [1.165, 1.54) is 0 Å². The van der Waals surface area contributed by atoms with Crippen molar-refractivity contribution >= 4 is 15.2 Å². The summed E-state index contributed by atoms with van der Waals surface area (Å²) in [6, 6.07) is 0. The van der Waals surface area contributed by atoms with E-state index in [4.69, 9.17) is 0 Å². The second-order valence-electron chi connectivity index (χ2n) is 5.22. The first-order valence-corrected chi connectivity index (χ1v) is 9.75. The molecule has 2 aliphatic heterocycles. The first kappa shape index (κ1) is 18.6. The Morgan fingerprint density at radius 3 is 1.95 bits per heavy atom. The van der Waals surface area contributed by atoms with Gasteiger partial charge in [0.05, 0.1) is 0 Å². The highest BCUT2D eigenvalue weighted by Crippen LogP contribution is 2.70. The van der Waals surface area contributed by atoms with E-state index in [0.717, 1.165) is 31.5 Å². The average molecular weight is 344 g/mol. The van der Waals surface area contributed by atoms with Crippen LogP contribution in [0.1, 0.15) is 38.5 Å². The molecule has 2 fully saturated rings. The first-order chi connectivity index (χ1) is 9.17. The molecule has 0 atom stereocenters. The molecule has 0 aromatic carbocycles. The maximum atomic E-state index is 11.7. The monoisotopic (exact) mass is 344 g/mol. The van der Waals surface area contributed by atoms with Crippen LogP contribution in [0, 0.1) is 0 Å². The summed E-state index contributed by atoms with van der Waals surface area (Å²) < 4.78 is 23.4. The summed E-state index contributed by atoms with van der Waals surface area (Å²) in [6.45, 7) is 0.763. The molecule has 2 aliphatic rings. The van der Waals surface area contributed by atoms with Crippen LogP contribution in [-0.4, -0.2) is 36.6 Å². The minimum atomic E-state index is -5.02. The molecule has 11 heteroatoms. The van der Waals surface area contributed by atoms with E-state index in [-0.39, 0.29) is 11.9 Å². The van der Waals surface area contributed by atoms with E-state index in [1.54, 1.807) is 0 Å². The molecule has 9 nitrogen and oxygen atoms in total. The van der Waals surface area contributed by atoms with Gasteiger partial charge >= 0.3 is 15.2 Å². The lowest BCUT2D eigenvalue weighted by molar-refractivity contribution is 0.273. The molecule has 2 rings (SSSR count). The SMILES string of the molecule is O.O=P(O)(O)C1(P(=O)(O)O)CCC/C(=C2/CCCCN2)N1. The van der Waals surface area contributed by atoms with E-state index < -0.39 is 20.2 Å². The second kappa shape index (κ2) is 6.38. The number of hydrogen-bond donors (Lipinski definition) is 6. The summed E-state index contributed by atoms with van der Waals surface area (Å²) in [7, 11) is -10.0. The van der Waals surface area contributed by atoms with E-state index in [2.05, 4.69) is 10.6 Å². The summed E-state index contributed by atoms with van der Waals surface area (Å²) in [6.07, 6.45) is 3.29. The molecule has 2 saturated heterocycles. The highest BCUT2D eigenvalue weighted by molar-refractivity contribution is 7.72. The minimum absolute atomic E-state index is 0. The van der Waals surface area contributed by atoms with Crippen molar-refractivity contribution in [3.8, 4) is 0 Å². The zero-order chi connectivity index (χ0) is 15.0. The fourth-order valence-electron chi connectivity index (χ4n) is 2.72. The molecular formula is C10H22N2O7P2. The van der Waals surface area contributed by atoms with Crippen LogP contribution < -0.4 is 10.6 Å². The van der Waals surface area contributed by atoms with E-state index in [9.17, 15) is 28.7 Å². The number of hydrogen-bond acceptors (Lipinski definition) is 4. The van der Waals surface area contributed by atoms with Crippen LogP contribution in [0.25, 0.3) is 0 Å². The van der Waals surface area contributed by atoms with Crippen LogP contribution in [0.4, 0.5) is 0 Å². The third-order valence-corrected chi connectivity index (χ3v) is 7.98. The van der Waals surface area contributed by atoms with Crippen molar-refractivity contribution in [2.24, 2.45) is 0 Å². The molecule has 21 heavy (non-hydrogen) atoms. The molecule has 0 bridgehead atoms. The van der Waals surface area contributed by atoms with Crippen molar-refractivity contribution in [1.82, 2.24) is 10.6 Å². The van der Waals surface area contributed by atoms with Crippen LogP contribution in [0.2, 0.25) is 0 Å². The maximum absolute atomic E-state index is 11.7. The van der Waals surface area contributed by atoms with Gasteiger partial charge in [-0.05, 0) is 38.5 Å². The summed E-state index contributed by atoms with van der Waals surface area (Å²) in [5, 5.41) is 3.16. The van der Waals surface area contributed by atoms with E-state index in [1.807, 2.05) is 0 Å². The predicted octanol–water partition coefficient (Wildman–Crippen LogP) is -0.0705. The van der Waals surface area contributed by atoms with Crippen molar-refractivity contribution in [3.63, 3.8) is 0 Å². The van der Waals surface area contributed by atoms with Gasteiger partial charge in [-0.1, -0.05) is 0 Å². The van der Waals surface area contributed by atoms with Crippen molar-refractivity contribution in [1.29, 1.82) is 0 Å². The Hall–Kier alpha value is -0.400. The van der Waals surface area contributed by atoms with Gasteiger partial charge in [-0.25, -0.2) is 0 Å². The lowest BCUT2D eigenvalue weighted by atomic mass is 10.0. The highest BCUT2D eigenvalue weighted by atomic mass is 31.2. The normalized spacial score (nSPS) is 26.3. The topological polar surface area (TPSA) is 171 Å². The Kier molecular flexibility index (Phi) is 5.67. The minimum Gasteiger partial charge on any atom is -0.412 e. The fourth-order valence-corrected chi connectivity index (χ4v) is 5.54. The summed E-state index contributed by atoms with van der Waals surface area (Å²) in [4.78, 5) is 37.8. The molecule has 0 spiro atoms. The number of rotatable bonds is 2. The molecule has 0 saturated carbocycles. The molecule has 0 amide bonds. The van der Waals surface area contributed by atoms with Crippen LogP contribution in [-0.2, 0) is 9.13 Å². The third-order valence-electron chi connectivity index (χ3n) is 3.82. The van der Waals surface area contributed by atoms with Crippen LogP contribution in [0.15, 0.2) is 11.4 Å². The Balaban J connectivity index is 0.00000220. The van der Waals surface area contributed by atoms with Crippen LogP contribution in [0.3, 0.4) is 0 Å². The van der Waals surface area contributed by atoms with E-state index >= 15 is 0 Å². The van der Waals surface area contributed by atoms with Crippen molar-refractivity contribution in [2.45, 2.75) is 43.5 Å². The Morgan fingerprint density at radius 1 is 0.905 bits per heavy atom. The van der Waals surface area contributed by atoms with Gasteiger partial charge in [0.2, 0.25) is 5.02 Å². The van der Waals surface area contributed by atoms with Gasteiger partial charge in [0, 0.05) is 17.9 Å². The molecule has 8 N–H and O–H groups in total. The summed E-state index contributed by atoms with van der Waals surface area (Å²) in [5.74, 6) is 0. The third kappa shape index (κ3) is 3.51. The number of allylic oxidation sites excluding steroid dienone is 2. The maximum Gasteiger partial charge on any atom is 0.363 e. The van der Waals surface area contributed by atoms with Crippen molar-refractivity contribution < 1.29 is 34.2 Å². The number of nitrogens with one attached hydrogen (secondary N) is 2. The predicted molar refractivity (Wildman–Crippen MR) is 76.3 cm³/mol. The van der Waals surface area contributed by atoms with Gasteiger partial charge < -0.3 is 35.7 Å². The zero-order valence-electron chi connectivity index (χ0n) is 11.4. The lowest BCUT2D eigenvalue weighted by Gasteiger charge is -2.41. The zero-order valence-corrected chi connectivity index (χ0v) is 13.2. The molecule has 0 aromatic heterocycles. The van der Waals surface area contributed by atoms with Crippen molar-refractivity contribution in [3.05, 3.63) is 11.4 Å². The second-order valence-corrected chi connectivity index (χ2v) is 9.28. The first-order valence-electron chi connectivity index (χ1n) is 6.53. The lowest BCUT2D eigenvalue weighted by Crippen LogP contribution is -2.48. The van der Waals surface area contributed by atoms with E-state index in [0.29, 0.717) is 18.5 Å². The Morgan fingerprint density at radius 2 is 1.48 bits per heavy atom. The molecule has 0 unspecified atom stereocenters. The average Bonchev–Trinajstić information content (AvgIpc) is 2.37. The van der Waals surface area contributed by atoms with Gasteiger partial charge in [-0.15, -0.1) is 0 Å². The number of piperidine rings is 2. The molecule has 0 aliphatic carbocycles. The van der Waals surface area contributed by atoms with Gasteiger partial charge in [-0.2, -0.15) is 0 Å². The smallest absolute Gasteiger partial charge is 0.363 e. The molecule has 124 valence electrons. The molecule has 2 heterocycles. The van der Waals surface area contributed by atoms with Crippen LogP contribution in [0.5, 0.6) is 0 Å². The van der Waals surface area contributed by atoms with Crippen LogP contribution >= 0.6 is 15.2 Å². The fraction of sp³-hybridized carbons (Fsp3) is 0.800. The highest BCUT2D eigenvalue weighted by Gasteiger charge is 2.61. The Labute approximate surface area is 122 Å². The molecule has 0 radical (unpaired) electrons. The molecular weight excluding hydrogens is 322 g/mol. The molecule has 0 aromatic rings. The van der Waals surface area contributed by atoms with Crippen molar-refractivity contribution in [2.75, 3.05) is 6.54 Å². The van der Waals surface area contributed by atoms with Gasteiger partial charge in [0.1, 0.15) is 0 Å². The van der Waals surface area contributed by atoms with Gasteiger partial charge in [0.25, 0.3) is 0 Å². The standard InChI is InChI=1S/C10H20N2O6P2.H2O/c13-19(14,15)10(20(16,17)18)6-3-5-9(12-10)8-4-1-2-7-11-8;/h11-12H,1-7H2,(H2,13,14,15)(H2,16,17,18);1H2/b9-8+;. The van der Waals surface area contributed by atoms with Gasteiger partial charge in [-0.3, -0.25) is 9.13 Å². The summed E-state index contributed by atoms with van der Waals surface area (Å²) in [5.41, 5.74) is 1.32.